The van der Waals surface area contributed by atoms with Gasteiger partial charge in [-0.05, 0) is 37.2 Å². The van der Waals surface area contributed by atoms with Crippen LogP contribution in [0, 0.1) is 5.92 Å². The van der Waals surface area contributed by atoms with Crippen LogP contribution in [0.4, 0.5) is 11.4 Å². The second-order valence-corrected chi connectivity index (χ2v) is 4.45. The van der Waals surface area contributed by atoms with Gasteiger partial charge in [0.1, 0.15) is 0 Å². The average Bonchev–Trinajstić information content (AvgIpc) is 2.41. The van der Waals surface area contributed by atoms with E-state index in [1.54, 1.807) is 31.2 Å². The molecule has 0 spiro atoms. The molecule has 0 saturated heterocycles. The minimum Gasteiger partial charge on any atom is -0.330 e. The third-order valence-corrected chi connectivity index (χ3v) is 2.80. The lowest BCUT2D eigenvalue weighted by Crippen LogP contribution is -2.22. The molecule has 1 aromatic carbocycles. The lowest BCUT2D eigenvalue weighted by atomic mass is 10.1. The van der Waals surface area contributed by atoms with Gasteiger partial charge in [-0.1, -0.05) is 13.8 Å². The van der Waals surface area contributed by atoms with Crippen molar-refractivity contribution in [1.82, 2.24) is 0 Å². The highest BCUT2D eigenvalue weighted by Gasteiger charge is 2.11. The fraction of sp³-hybridized carbons (Fsp3) is 0.429. The normalized spacial score (nSPS) is 11.7. The number of amides is 2. The summed E-state index contributed by atoms with van der Waals surface area (Å²) in [6.07, 6.45) is 1.10. The predicted molar refractivity (Wildman–Crippen MR) is 76.8 cm³/mol. The Morgan fingerprint density at radius 2 is 1.68 bits per heavy atom. The molecule has 4 N–H and O–H groups in total. The monoisotopic (exact) mass is 263 g/mol. The summed E-state index contributed by atoms with van der Waals surface area (Å²) in [7, 11) is 0. The maximum absolute atomic E-state index is 11.8. The van der Waals surface area contributed by atoms with E-state index in [0.717, 1.165) is 5.69 Å². The summed E-state index contributed by atoms with van der Waals surface area (Å²) in [6.45, 7) is 4.14. The molecule has 0 aromatic heterocycles. The zero-order valence-electron chi connectivity index (χ0n) is 11.4. The molecule has 0 heterocycles. The van der Waals surface area contributed by atoms with Crippen LogP contribution in [-0.2, 0) is 9.59 Å². The number of carbonyl (C=O) groups excluding carboxylic acids is 2. The van der Waals surface area contributed by atoms with Crippen LogP contribution in [0.1, 0.15) is 26.7 Å². The van der Waals surface area contributed by atoms with Gasteiger partial charge in [-0.25, -0.2) is 0 Å². The summed E-state index contributed by atoms with van der Waals surface area (Å²) >= 11 is 0. The summed E-state index contributed by atoms with van der Waals surface area (Å²) in [5.74, 6) is -0.186. The molecule has 0 aliphatic carbocycles. The first-order valence-electron chi connectivity index (χ1n) is 6.47. The minimum atomic E-state index is -0.107. The largest absolute Gasteiger partial charge is 0.330 e. The summed E-state index contributed by atoms with van der Waals surface area (Å²) in [5.41, 5.74) is 6.85. The van der Waals surface area contributed by atoms with Crippen molar-refractivity contribution < 1.29 is 9.59 Å². The SMILES string of the molecule is CCC(=O)Nc1ccc(NC(=O)C(C)CCN)cc1. The zero-order chi connectivity index (χ0) is 14.3. The van der Waals surface area contributed by atoms with Gasteiger partial charge in [-0.3, -0.25) is 9.59 Å². The van der Waals surface area contributed by atoms with E-state index in [9.17, 15) is 9.59 Å². The molecular weight excluding hydrogens is 242 g/mol. The molecule has 5 heteroatoms. The minimum absolute atomic E-state index is 0.0339. The quantitative estimate of drug-likeness (QED) is 0.733. The standard InChI is InChI=1S/C14H21N3O2/c1-3-13(18)16-11-4-6-12(7-5-11)17-14(19)10(2)8-9-15/h4-7,10H,3,8-9,15H2,1-2H3,(H,16,18)(H,17,19). The van der Waals surface area contributed by atoms with Crippen molar-refractivity contribution in [2.24, 2.45) is 11.7 Å². The number of nitrogens with one attached hydrogen (secondary N) is 2. The van der Waals surface area contributed by atoms with Crippen LogP contribution in [-0.4, -0.2) is 18.4 Å². The smallest absolute Gasteiger partial charge is 0.227 e. The number of benzene rings is 1. The van der Waals surface area contributed by atoms with Crippen molar-refractivity contribution in [2.45, 2.75) is 26.7 Å². The van der Waals surface area contributed by atoms with Crippen LogP contribution >= 0.6 is 0 Å². The number of carbonyl (C=O) groups is 2. The van der Waals surface area contributed by atoms with Crippen molar-refractivity contribution in [3.63, 3.8) is 0 Å². The molecule has 1 atom stereocenters. The Hall–Kier alpha value is -1.88. The molecule has 104 valence electrons. The third-order valence-electron chi connectivity index (χ3n) is 2.80. The Kier molecular flexibility index (Phi) is 6.02. The van der Waals surface area contributed by atoms with Crippen LogP contribution in [0.2, 0.25) is 0 Å². The maximum Gasteiger partial charge on any atom is 0.227 e. The molecule has 0 fully saturated rings. The Morgan fingerprint density at radius 3 is 2.16 bits per heavy atom. The van der Waals surface area contributed by atoms with E-state index in [-0.39, 0.29) is 17.7 Å². The van der Waals surface area contributed by atoms with Gasteiger partial charge in [0, 0.05) is 23.7 Å². The van der Waals surface area contributed by atoms with E-state index in [4.69, 9.17) is 5.73 Å². The second-order valence-electron chi connectivity index (χ2n) is 4.45. The topological polar surface area (TPSA) is 84.2 Å². The van der Waals surface area contributed by atoms with Gasteiger partial charge in [-0.2, -0.15) is 0 Å². The first-order chi connectivity index (χ1) is 9.06. The van der Waals surface area contributed by atoms with Gasteiger partial charge in [0.15, 0.2) is 0 Å². The maximum atomic E-state index is 11.8. The number of hydrogen-bond donors (Lipinski definition) is 3. The Bertz CT molecular complexity index is 429. The highest BCUT2D eigenvalue weighted by Crippen LogP contribution is 2.15. The number of hydrogen-bond acceptors (Lipinski definition) is 3. The van der Waals surface area contributed by atoms with Gasteiger partial charge in [0.05, 0.1) is 0 Å². The van der Waals surface area contributed by atoms with Crippen molar-refractivity contribution >= 4 is 23.2 Å². The Balaban J connectivity index is 2.57. The van der Waals surface area contributed by atoms with E-state index in [1.807, 2.05) is 6.92 Å². The van der Waals surface area contributed by atoms with Crippen molar-refractivity contribution in [3.05, 3.63) is 24.3 Å². The third kappa shape index (κ3) is 5.09. The molecule has 5 nitrogen and oxygen atoms in total. The second kappa shape index (κ2) is 7.53. The number of nitrogens with two attached hydrogens (primary N) is 1. The number of rotatable bonds is 6. The van der Waals surface area contributed by atoms with E-state index in [0.29, 0.717) is 25.1 Å². The van der Waals surface area contributed by atoms with Crippen LogP contribution in [0.15, 0.2) is 24.3 Å². The van der Waals surface area contributed by atoms with Gasteiger partial charge in [0.25, 0.3) is 0 Å². The molecule has 0 saturated carbocycles. The Labute approximate surface area is 113 Å². The molecule has 0 aliphatic rings. The molecule has 0 bridgehead atoms. The van der Waals surface area contributed by atoms with Crippen molar-refractivity contribution in [2.75, 3.05) is 17.2 Å². The molecule has 19 heavy (non-hydrogen) atoms. The Morgan fingerprint density at radius 1 is 1.16 bits per heavy atom. The van der Waals surface area contributed by atoms with E-state index in [2.05, 4.69) is 10.6 Å². The first-order valence-corrected chi connectivity index (χ1v) is 6.47. The van der Waals surface area contributed by atoms with E-state index < -0.39 is 0 Å². The summed E-state index contributed by atoms with van der Waals surface area (Å²) in [5, 5.41) is 5.56. The molecule has 2 amide bonds. The predicted octanol–water partition coefficient (Wildman–Crippen LogP) is 1.96. The molecule has 1 rings (SSSR count). The molecular formula is C14H21N3O2. The van der Waals surface area contributed by atoms with Gasteiger partial charge in [-0.15, -0.1) is 0 Å². The molecule has 0 radical (unpaired) electrons. The molecule has 0 aliphatic heterocycles. The van der Waals surface area contributed by atoms with Gasteiger partial charge >= 0.3 is 0 Å². The van der Waals surface area contributed by atoms with Crippen LogP contribution in [0.3, 0.4) is 0 Å². The van der Waals surface area contributed by atoms with Crippen LogP contribution in [0.5, 0.6) is 0 Å². The summed E-state index contributed by atoms with van der Waals surface area (Å²) in [4.78, 5) is 23.0. The van der Waals surface area contributed by atoms with Crippen molar-refractivity contribution in [3.8, 4) is 0 Å². The molecule has 1 aromatic rings. The lowest BCUT2D eigenvalue weighted by Gasteiger charge is -2.11. The van der Waals surface area contributed by atoms with Crippen LogP contribution in [0.25, 0.3) is 0 Å². The lowest BCUT2D eigenvalue weighted by molar-refractivity contribution is -0.119. The highest BCUT2D eigenvalue weighted by atomic mass is 16.2. The summed E-state index contributed by atoms with van der Waals surface area (Å²) < 4.78 is 0. The van der Waals surface area contributed by atoms with Gasteiger partial charge < -0.3 is 16.4 Å². The average molecular weight is 263 g/mol. The van der Waals surface area contributed by atoms with Crippen molar-refractivity contribution in [1.29, 1.82) is 0 Å². The fourth-order valence-electron chi connectivity index (χ4n) is 1.53. The van der Waals surface area contributed by atoms with E-state index >= 15 is 0 Å². The molecule has 1 unspecified atom stereocenters. The first kappa shape index (κ1) is 15.2. The zero-order valence-corrected chi connectivity index (χ0v) is 11.4. The summed E-state index contributed by atoms with van der Waals surface area (Å²) in [6, 6.07) is 7.05. The van der Waals surface area contributed by atoms with E-state index in [1.165, 1.54) is 0 Å². The fourth-order valence-corrected chi connectivity index (χ4v) is 1.53. The van der Waals surface area contributed by atoms with Crippen LogP contribution < -0.4 is 16.4 Å². The highest BCUT2D eigenvalue weighted by molar-refractivity contribution is 5.93. The number of anilines is 2. The van der Waals surface area contributed by atoms with Gasteiger partial charge in [0.2, 0.25) is 11.8 Å².